The van der Waals surface area contributed by atoms with E-state index in [-0.39, 0.29) is 29.1 Å². The Labute approximate surface area is 255 Å². The average molecular weight is 625 g/mol. The lowest BCUT2D eigenvalue weighted by atomic mass is 10.2. The highest BCUT2D eigenvalue weighted by Gasteiger charge is 2.25. The van der Waals surface area contributed by atoms with Crippen molar-refractivity contribution in [1.29, 1.82) is 0 Å². The lowest BCUT2D eigenvalue weighted by Crippen LogP contribution is -2.50. The molecule has 0 unspecified atom stereocenters. The number of carbonyl (C=O) groups is 1. The second kappa shape index (κ2) is 12.7. The van der Waals surface area contributed by atoms with Crippen molar-refractivity contribution in [3.63, 3.8) is 0 Å². The van der Waals surface area contributed by atoms with Gasteiger partial charge in [-0.25, -0.2) is 13.4 Å². The Kier molecular flexibility index (Phi) is 9.05. The topological polar surface area (TPSA) is 111 Å². The molecule has 0 saturated carbocycles. The van der Waals surface area contributed by atoms with Crippen molar-refractivity contribution in [3.05, 3.63) is 87.9 Å². The van der Waals surface area contributed by atoms with E-state index in [4.69, 9.17) is 26.1 Å². The number of para-hydroxylation sites is 1. The molecule has 3 aromatic carbocycles. The second-order valence-corrected chi connectivity index (χ2v) is 13.1. The summed E-state index contributed by atoms with van der Waals surface area (Å²) in [4.78, 5) is 35.5. The van der Waals surface area contributed by atoms with Crippen molar-refractivity contribution in [2.45, 2.75) is 31.4 Å². The fourth-order valence-electron chi connectivity index (χ4n) is 4.91. The van der Waals surface area contributed by atoms with Crippen LogP contribution >= 0.6 is 11.6 Å². The standard InChI is InChI=1S/C31H33ClN4O6S/c1-21(2)42-28-13-12-24(43(3,39)40)18-27(28)36-29(33-26-7-5-4-6-25(26)31(36)38)19-34-14-16-35(17-15-34)30(37)20-41-23-10-8-22(32)9-11-23/h4-13,18,21H,14-17,19-20H2,1-3H3. The predicted octanol–water partition coefficient (Wildman–Crippen LogP) is 3.95. The van der Waals surface area contributed by atoms with E-state index in [9.17, 15) is 18.0 Å². The van der Waals surface area contributed by atoms with Crippen LogP contribution in [0.4, 0.5) is 0 Å². The van der Waals surface area contributed by atoms with Gasteiger partial charge in [0.1, 0.15) is 17.3 Å². The lowest BCUT2D eigenvalue weighted by Gasteiger charge is -2.34. The maximum absolute atomic E-state index is 14.0. The van der Waals surface area contributed by atoms with Gasteiger partial charge in [0.15, 0.2) is 16.4 Å². The third kappa shape index (κ3) is 7.18. The van der Waals surface area contributed by atoms with Gasteiger partial charge >= 0.3 is 0 Å². The lowest BCUT2D eigenvalue weighted by molar-refractivity contribution is -0.135. The smallest absolute Gasteiger partial charge is 0.266 e. The molecule has 0 radical (unpaired) electrons. The van der Waals surface area contributed by atoms with Crippen molar-refractivity contribution in [1.82, 2.24) is 19.4 Å². The minimum Gasteiger partial charge on any atom is -0.489 e. The van der Waals surface area contributed by atoms with E-state index in [2.05, 4.69) is 4.90 Å². The van der Waals surface area contributed by atoms with Gasteiger partial charge < -0.3 is 14.4 Å². The summed E-state index contributed by atoms with van der Waals surface area (Å²) in [5, 5.41) is 0.996. The highest BCUT2D eigenvalue weighted by atomic mass is 35.5. The molecule has 0 N–H and O–H groups in total. The number of aromatic nitrogens is 2. The first-order valence-electron chi connectivity index (χ1n) is 13.9. The van der Waals surface area contributed by atoms with Crippen LogP contribution in [0.1, 0.15) is 19.7 Å². The molecule has 2 heterocycles. The van der Waals surface area contributed by atoms with Gasteiger partial charge in [-0.1, -0.05) is 23.7 Å². The van der Waals surface area contributed by atoms with Crippen molar-refractivity contribution < 1.29 is 22.7 Å². The third-order valence-corrected chi connectivity index (χ3v) is 8.44. The van der Waals surface area contributed by atoms with E-state index in [1.807, 2.05) is 19.9 Å². The molecule has 1 amide bonds. The first-order chi connectivity index (χ1) is 20.5. The summed E-state index contributed by atoms with van der Waals surface area (Å²) in [7, 11) is -3.57. The minimum atomic E-state index is -3.57. The van der Waals surface area contributed by atoms with E-state index in [0.29, 0.717) is 71.7 Å². The van der Waals surface area contributed by atoms with Gasteiger partial charge in [0.2, 0.25) is 0 Å². The highest BCUT2D eigenvalue weighted by Crippen LogP contribution is 2.28. The molecule has 4 aromatic rings. The minimum absolute atomic E-state index is 0.0672. The summed E-state index contributed by atoms with van der Waals surface area (Å²) in [6.45, 7) is 5.99. The Hall–Kier alpha value is -3.93. The summed E-state index contributed by atoms with van der Waals surface area (Å²) >= 11 is 5.91. The maximum Gasteiger partial charge on any atom is 0.266 e. The van der Waals surface area contributed by atoms with Crippen LogP contribution in [-0.2, 0) is 21.2 Å². The zero-order valence-corrected chi connectivity index (χ0v) is 25.8. The number of carbonyl (C=O) groups excluding carboxylic acids is 1. The summed E-state index contributed by atoms with van der Waals surface area (Å²) in [5.74, 6) is 1.26. The molecule has 0 spiro atoms. The normalized spacial score (nSPS) is 14.3. The van der Waals surface area contributed by atoms with E-state index in [0.717, 1.165) is 6.26 Å². The number of benzene rings is 3. The molecule has 10 nitrogen and oxygen atoms in total. The van der Waals surface area contributed by atoms with Crippen molar-refractivity contribution in [3.8, 4) is 17.2 Å². The molecule has 1 aromatic heterocycles. The zero-order chi connectivity index (χ0) is 30.7. The first kappa shape index (κ1) is 30.5. The Bertz CT molecular complexity index is 1800. The van der Waals surface area contributed by atoms with E-state index in [1.165, 1.54) is 16.7 Å². The van der Waals surface area contributed by atoms with Gasteiger partial charge in [-0.3, -0.25) is 19.1 Å². The van der Waals surface area contributed by atoms with Crippen LogP contribution in [0.3, 0.4) is 0 Å². The molecule has 0 aliphatic carbocycles. The van der Waals surface area contributed by atoms with Crippen LogP contribution in [0, 0.1) is 0 Å². The van der Waals surface area contributed by atoms with E-state index in [1.54, 1.807) is 53.4 Å². The SMILES string of the molecule is CC(C)Oc1ccc(S(C)(=O)=O)cc1-n1c(CN2CCN(C(=O)COc3ccc(Cl)cc3)CC2)nc2ccccc2c1=O. The van der Waals surface area contributed by atoms with Crippen LogP contribution in [0.15, 0.2) is 76.4 Å². The van der Waals surface area contributed by atoms with Crippen molar-refractivity contribution in [2.24, 2.45) is 0 Å². The number of ether oxygens (including phenoxy) is 2. The van der Waals surface area contributed by atoms with E-state index >= 15 is 0 Å². The zero-order valence-electron chi connectivity index (χ0n) is 24.2. The van der Waals surface area contributed by atoms with Gasteiger partial charge in [-0.15, -0.1) is 0 Å². The van der Waals surface area contributed by atoms with Crippen LogP contribution in [-0.4, -0.2) is 78.8 Å². The monoisotopic (exact) mass is 624 g/mol. The molecule has 1 aliphatic rings. The molecule has 0 atom stereocenters. The van der Waals surface area contributed by atoms with Gasteiger partial charge in [0, 0.05) is 37.5 Å². The quantitative estimate of drug-likeness (QED) is 0.275. The number of rotatable bonds is 9. The van der Waals surface area contributed by atoms with Crippen LogP contribution in [0.5, 0.6) is 11.5 Å². The molecule has 5 rings (SSSR count). The van der Waals surface area contributed by atoms with Crippen LogP contribution in [0.25, 0.3) is 16.6 Å². The molecule has 226 valence electrons. The van der Waals surface area contributed by atoms with Gasteiger partial charge in [0.05, 0.1) is 34.1 Å². The molecular formula is C31H33ClN4O6S. The van der Waals surface area contributed by atoms with Gasteiger partial charge in [-0.05, 0) is 68.4 Å². The maximum atomic E-state index is 14.0. The highest BCUT2D eigenvalue weighted by molar-refractivity contribution is 7.90. The van der Waals surface area contributed by atoms with Gasteiger partial charge in [0.25, 0.3) is 11.5 Å². The number of amides is 1. The molecule has 43 heavy (non-hydrogen) atoms. The van der Waals surface area contributed by atoms with Crippen molar-refractivity contribution in [2.75, 3.05) is 39.0 Å². The molecule has 12 heteroatoms. The molecule has 1 fully saturated rings. The first-order valence-corrected chi connectivity index (χ1v) is 16.2. The summed E-state index contributed by atoms with van der Waals surface area (Å²) < 4.78 is 38.0. The summed E-state index contributed by atoms with van der Waals surface area (Å²) in [5.41, 5.74) is 0.522. The Morgan fingerprint density at radius 1 is 1.00 bits per heavy atom. The molecular weight excluding hydrogens is 592 g/mol. The number of halogens is 1. The summed E-state index contributed by atoms with van der Waals surface area (Å²) in [6, 6.07) is 18.4. The molecule has 1 saturated heterocycles. The number of piperazine rings is 1. The Balaban J connectivity index is 1.42. The average Bonchev–Trinajstić information content (AvgIpc) is 2.97. The van der Waals surface area contributed by atoms with Crippen molar-refractivity contribution >= 4 is 38.2 Å². The number of fused-ring (bicyclic) bond motifs is 1. The van der Waals surface area contributed by atoms with E-state index < -0.39 is 9.84 Å². The fraction of sp³-hybridized carbons (Fsp3) is 0.323. The van der Waals surface area contributed by atoms with Gasteiger partial charge in [-0.2, -0.15) is 0 Å². The Morgan fingerprint density at radius 2 is 1.70 bits per heavy atom. The fourth-order valence-corrected chi connectivity index (χ4v) is 5.68. The third-order valence-electron chi connectivity index (χ3n) is 7.07. The summed E-state index contributed by atoms with van der Waals surface area (Å²) in [6.07, 6.45) is 0.906. The number of hydrogen-bond acceptors (Lipinski definition) is 8. The number of sulfone groups is 1. The predicted molar refractivity (Wildman–Crippen MR) is 165 cm³/mol. The second-order valence-electron chi connectivity index (χ2n) is 10.7. The largest absolute Gasteiger partial charge is 0.489 e. The molecule has 0 bridgehead atoms. The number of nitrogens with zero attached hydrogens (tertiary/aromatic N) is 4. The number of hydrogen-bond donors (Lipinski definition) is 0. The van der Waals surface area contributed by atoms with Crippen LogP contribution in [0.2, 0.25) is 5.02 Å². The molecule has 1 aliphatic heterocycles. The van der Waals surface area contributed by atoms with Crippen LogP contribution < -0.4 is 15.0 Å². The Morgan fingerprint density at radius 3 is 2.37 bits per heavy atom.